The summed E-state index contributed by atoms with van der Waals surface area (Å²) in [6, 6.07) is 4.67. The fraction of sp³-hybridized carbons (Fsp3) is 0.471. The quantitative estimate of drug-likeness (QED) is 0.896. The van der Waals surface area contributed by atoms with E-state index in [0.717, 1.165) is 16.5 Å². The molecule has 0 bridgehead atoms. The van der Waals surface area contributed by atoms with E-state index in [1.807, 2.05) is 40.8 Å². The standard InChI is InChI=1S/C17H23FN2O2/c1-16(2,3)22-15(21)20-10-17(4,5)13-9-19-14-8-11(18)6-7-12(13)14/h6-9,19H,10H2,1-5H3,(H,20,21). The summed E-state index contributed by atoms with van der Waals surface area (Å²) in [6.07, 6.45) is 1.42. The summed E-state index contributed by atoms with van der Waals surface area (Å²) in [7, 11) is 0. The van der Waals surface area contributed by atoms with Gasteiger partial charge in [-0.2, -0.15) is 0 Å². The van der Waals surface area contributed by atoms with Gasteiger partial charge < -0.3 is 15.0 Å². The Labute approximate surface area is 130 Å². The highest BCUT2D eigenvalue weighted by atomic mass is 19.1. The number of aromatic amines is 1. The predicted octanol–water partition coefficient (Wildman–Crippen LogP) is 4.11. The Balaban J connectivity index is 2.13. The molecule has 0 saturated carbocycles. The SMILES string of the molecule is CC(C)(C)OC(=O)NCC(C)(C)c1c[nH]c2cc(F)ccc12. The van der Waals surface area contributed by atoms with Crippen molar-refractivity contribution in [3.63, 3.8) is 0 Å². The molecule has 1 aromatic carbocycles. The molecule has 0 spiro atoms. The van der Waals surface area contributed by atoms with Gasteiger partial charge in [0.15, 0.2) is 0 Å². The number of halogens is 1. The summed E-state index contributed by atoms with van der Waals surface area (Å²) < 4.78 is 18.5. The van der Waals surface area contributed by atoms with Crippen molar-refractivity contribution in [2.45, 2.75) is 45.6 Å². The Kier molecular flexibility index (Phi) is 4.18. The van der Waals surface area contributed by atoms with Crippen LogP contribution in [0.5, 0.6) is 0 Å². The van der Waals surface area contributed by atoms with Crippen LogP contribution in [0.3, 0.4) is 0 Å². The minimum Gasteiger partial charge on any atom is -0.444 e. The van der Waals surface area contributed by atoms with Crippen molar-refractivity contribution in [1.29, 1.82) is 0 Å². The van der Waals surface area contributed by atoms with Crippen molar-refractivity contribution in [2.75, 3.05) is 6.54 Å². The van der Waals surface area contributed by atoms with Crippen LogP contribution in [0, 0.1) is 5.82 Å². The molecule has 0 saturated heterocycles. The first-order chi connectivity index (χ1) is 10.1. The second-order valence-corrected chi connectivity index (χ2v) is 7.13. The van der Waals surface area contributed by atoms with E-state index in [4.69, 9.17) is 4.74 Å². The molecule has 2 aromatic rings. The lowest BCUT2D eigenvalue weighted by Gasteiger charge is -2.26. The summed E-state index contributed by atoms with van der Waals surface area (Å²) in [5.74, 6) is -0.273. The third kappa shape index (κ3) is 3.78. The lowest BCUT2D eigenvalue weighted by atomic mass is 9.84. The zero-order valence-corrected chi connectivity index (χ0v) is 13.7. The van der Waals surface area contributed by atoms with Gasteiger partial charge in [-0.15, -0.1) is 0 Å². The number of H-pyrrole nitrogens is 1. The van der Waals surface area contributed by atoms with Crippen molar-refractivity contribution in [1.82, 2.24) is 10.3 Å². The first kappa shape index (κ1) is 16.3. The van der Waals surface area contributed by atoms with E-state index in [2.05, 4.69) is 10.3 Å². The zero-order valence-electron chi connectivity index (χ0n) is 13.7. The lowest BCUT2D eigenvalue weighted by molar-refractivity contribution is 0.0517. The second kappa shape index (κ2) is 5.63. The number of benzene rings is 1. The van der Waals surface area contributed by atoms with Gasteiger partial charge in [0.25, 0.3) is 0 Å². The highest BCUT2D eigenvalue weighted by Crippen LogP contribution is 2.30. The fourth-order valence-corrected chi connectivity index (χ4v) is 2.36. The van der Waals surface area contributed by atoms with Crippen LogP contribution in [-0.2, 0) is 10.2 Å². The van der Waals surface area contributed by atoms with E-state index < -0.39 is 11.7 Å². The zero-order chi connectivity index (χ0) is 16.5. The Morgan fingerprint density at radius 2 is 1.95 bits per heavy atom. The monoisotopic (exact) mass is 306 g/mol. The van der Waals surface area contributed by atoms with E-state index in [1.54, 1.807) is 6.07 Å². The molecule has 4 nitrogen and oxygen atoms in total. The molecule has 0 atom stereocenters. The maximum absolute atomic E-state index is 13.3. The van der Waals surface area contributed by atoms with Gasteiger partial charge in [0, 0.05) is 29.1 Å². The molecular weight excluding hydrogens is 283 g/mol. The molecule has 0 unspecified atom stereocenters. The van der Waals surface area contributed by atoms with Gasteiger partial charge in [0.05, 0.1) is 0 Å². The van der Waals surface area contributed by atoms with E-state index in [9.17, 15) is 9.18 Å². The fourth-order valence-electron chi connectivity index (χ4n) is 2.36. The van der Waals surface area contributed by atoms with Crippen LogP contribution in [0.15, 0.2) is 24.4 Å². The van der Waals surface area contributed by atoms with Crippen molar-refractivity contribution < 1.29 is 13.9 Å². The van der Waals surface area contributed by atoms with Crippen LogP contribution in [0.25, 0.3) is 10.9 Å². The van der Waals surface area contributed by atoms with Crippen LogP contribution < -0.4 is 5.32 Å². The molecule has 1 heterocycles. The van der Waals surface area contributed by atoms with Crippen molar-refractivity contribution in [3.8, 4) is 0 Å². The first-order valence-electron chi connectivity index (χ1n) is 7.32. The van der Waals surface area contributed by atoms with Crippen molar-refractivity contribution in [2.24, 2.45) is 0 Å². The third-order valence-electron chi connectivity index (χ3n) is 3.45. The number of fused-ring (bicyclic) bond motifs is 1. The number of carbonyl (C=O) groups excluding carboxylic acids is 1. The molecule has 5 heteroatoms. The Hall–Kier alpha value is -2.04. The van der Waals surface area contributed by atoms with Gasteiger partial charge >= 0.3 is 6.09 Å². The van der Waals surface area contributed by atoms with E-state index >= 15 is 0 Å². The van der Waals surface area contributed by atoms with Gasteiger partial charge in [-0.05, 0) is 44.5 Å². The maximum Gasteiger partial charge on any atom is 0.407 e. The second-order valence-electron chi connectivity index (χ2n) is 7.13. The first-order valence-corrected chi connectivity index (χ1v) is 7.32. The van der Waals surface area contributed by atoms with Crippen LogP contribution in [0.1, 0.15) is 40.2 Å². The number of nitrogens with one attached hydrogen (secondary N) is 2. The number of rotatable bonds is 3. The third-order valence-corrected chi connectivity index (χ3v) is 3.45. The summed E-state index contributed by atoms with van der Waals surface area (Å²) in [6.45, 7) is 9.95. The maximum atomic E-state index is 13.3. The van der Waals surface area contributed by atoms with Gasteiger partial charge in [-0.1, -0.05) is 13.8 Å². The molecule has 0 aliphatic heterocycles. The normalized spacial score (nSPS) is 12.5. The summed E-state index contributed by atoms with van der Waals surface area (Å²) >= 11 is 0. The molecule has 22 heavy (non-hydrogen) atoms. The van der Waals surface area contributed by atoms with Gasteiger partial charge in [0.1, 0.15) is 11.4 Å². The number of carbonyl (C=O) groups is 1. The smallest absolute Gasteiger partial charge is 0.407 e. The van der Waals surface area contributed by atoms with Crippen molar-refractivity contribution >= 4 is 17.0 Å². The highest BCUT2D eigenvalue weighted by molar-refractivity contribution is 5.84. The minimum absolute atomic E-state index is 0.273. The lowest BCUT2D eigenvalue weighted by Crippen LogP contribution is -2.39. The molecule has 0 aliphatic rings. The summed E-state index contributed by atoms with van der Waals surface area (Å²) in [5.41, 5.74) is 0.943. The number of amides is 1. The molecule has 0 radical (unpaired) electrons. The molecule has 0 aliphatic carbocycles. The molecule has 1 aromatic heterocycles. The Bertz CT molecular complexity index is 684. The van der Waals surface area contributed by atoms with E-state index in [0.29, 0.717) is 6.54 Å². The van der Waals surface area contributed by atoms with Crippen molar-refractivity contribution in [3.05, 3.63) is 35.8 Å². The predicted molar refractivity (Wildman–Crippen MR) is 85.5 cm³/mol. The number of alkyl carbamates (subject to hydrolysis) is 1. The number of ether oxygens (including phenoxy) is 1. The molecule has 2 N–H and O–H groups in total. The topological polar surface area (TPSA) is 54.1 Å². The van der Waals surface area contributed by atoms with Gasteiger partial charge in [-0.25, -0.2) is 9.18 Å². The molecule has 1 amide bonds. The Morgan fingerprint density at radius 1 is 1.27 bits per heavy atom. The van der Waals surface area contributed by atoms with Crippen LogP contribution in [0.4, 0.5) is 9.18 Å². The molecule has 0 fully saturated rings. The summed E-state index contributed by atoms with van der Waals surface area (Å²) in [4.78, 5) is 14.9. The number of hydrogen-bond acceptors (Lipinski definition) is 2. The molecule has 2 rings (SSSR count). The molecule has 120 valence electrons. The van der Waals surface area contributed by atoms with Crippen LogP contribution in [-0.4, -0.2) is 23.2 Å². The van der Waals surface area contributed by atoms with E-state index in [1.165, 1.54) is 12.1 Å². The largest absolute Gasteiger partial charge is 0.444 e. The van der Waals surface area contributed by atoms with Crippen LogP contribution in [0.2, 0.25) is 0 Å². The average Bonchev–Trinajstić information content (AvgIpc) is 2.78. The summed E-state index contributed by atoms with van der Waals surface area (Å²) in [5, 5.41) is 3.75. The number of aromatic nitrogens is 1. The van der Waals surface area contributed by atoms with Gasteiger partial charge in [0.2, 0.25) is 0 Å². The number of hydrogen-bond donors (Lipinski definition) is 2. The Morgan fingerprint density at radius 3 is 2.59 bits per heavy atom. The average molecular weight is 306 g/mol. The highest BCUT2D eigenvalue weighted by Gasteiger charge is 2.26. The van der Waals surface area contributed by atoms with Crippen LogP contribution >= 0.6 is 0 Å². The van der Waals surface area contributed by atoms with E-state index in [-0.39, 0.29) is 11.2 Å². The van der Waals surface area contributed by atoms with Gasteiger partial charge in [-0.3, -0.25) is 0 Å². The molecular formula is C17H23FN2O2. The minimum atomic E-state index is -0.521.